The molecule has 0 aliphatic heterocycles. The van der Waals surface area contributed by atoms with Crippen molar-refractivity contribution in [2.45, 2.75) is 32.5 Å². The van der Waals surface area contributed by atoms with E-state index in [1.54, 1.807) is 13.8 Å². The number of carbonyl (C=O) groups excluding carboxylic acids is 1. The number of hydrogen-bond donors (Lipinski definition) is 1. The van der Waals surface area contributed by atoms with Gasteiger partial charge in [-0.05, 0) is 38.5 Å². The molecule has 1 aromatic carbocycles. The van der Waals surface area contributed by atoms with E-state index in [9.17, 15) is 18.9 Å². The van der Waals surface area contributed by atoms with Crippen LogP contribution in [-0.4, -0.2) is 24.1 Å². The van der Waals surface area contributed by atoms with E-state index in [0.29, 0.717) is 0 Å². The summed E-state index contributed by atoms with van der Waals surface area (Å²) in [6, 6.07) is 4.76. The standard InChI is InChI=1S/C14H20FO5P/c1-4-19-21(18,20-5-2)14(17,10-11(3)16)12-6-8-13(15)9-7-12/h6-9,17H,4-5,10H2,1-3H3. The normalized spacial score (nSPS) is 14.7. The SMILES string of the molecule is CCOP(=O)(OCC)C(O)(CC(C)=O)c1ccc(F)cc1. The predicted octanol–water partition coefficient (Wildman–Crippen LogP) is 3.22. The summed E-state index contributed by atoms with van der Waals surface area (Å²) >= 11 is 0. The van der Waals surface area contributed by atoms with E-state index >= 15 is 0 Å². The van der Waals surface area contributed by atoms with Crippen molar-refractivity contribution in [1.29, 1.82) is 0 Å². The van der Waals surface area contributed by atoms with E-state index in [1.807, 2.05) is 0 Å². The smallest absolute Gasteiger partial charge is 0.366 e. The Morgan fingerprint density at radius 2 is 1.71 bits per heavy atom. The van der Waals surface area contributed by atoms with Crippen LogP contribution in [-0.2, 0) is 23.7 Å². The molecule has 0 radical (unpaired) electrons. The lowest BCUT2D eigenvalue weighted by Crippen LogP contribution is -2.30. The van der Waals surface area contributed by atoms with Gasteiger partial charge < -0.3 is 14.2 Å². The molecular formula is C14H20FO5P. The highest BCUT2D eigenvalue weighted by Crippen LogP contribution is 2.65. The molecule has 1 atom stereocenters. The minimum Gasteiger partial charge on any atom is -0.373 e. The molecule has 7 heteroatoms. The number of benzene rings is 1. The van der Waals surface area contributed by atoms with Gasteiger partial charge in [0.15, 0.2) is 5.34 Å². The molecular weight excluding hydrogens is 298 g/mol. The number of halogens is 1. The van der Waals surface area contributed by atoms with Crippen molar-refractivity contribution < 1.29 is 27.9 Å². The third kappa shape index (κ3) is 3.98. The first kappa shape index (κ1) is 18.0. The Kier molecular flexibility index (Phi) is 6.23. The van der Waals surface area contributed by atoms with Gasteiger partial charge in [-0.15, -0.1) is 0 Å². The molecule has 118 valence electrons. The van der Waals surface area contributed by atoms with Gasteiger partial charge in [-0.25, -0.2) is 4.39 Å². The Bertz CT molecular complexity index is 521. The molecule has 0 amide bonds. The first-order valence-corrected chi connectivity index (χ1v) is 8.20. The lowest BCUT2D eigenvalue weighted by atomic mass is 10.0. The maximum Gasteiger partial charge on any atom is 0.366 e. The zero-order valence-corrected chi connectivity index (χ0v) is 13.2. The van der Waals surface area contributed by atoms with Crippen molar-refractivity contribution in [3.8, 4) is 0 Å². The summed E-state index contributed by atoms with van der Waals surface area (Å²) < 4.78 is 36.3. The number of hydrogen-bond acceptors (Lipinski definition) is 5. The second kappa shape index (κ2) is 7.27. The van der Waals surface area contributed by atoms with E-state index < -0.39 is 25.2 Å². The predicted molar refractivity (Wildman–Crippen MR) is 76.5 cm³/mol. The van der Waals surface area contributed by atoms with Crippen LogP contribution in [0.25, 0.3) is 0 Å². The highest BCUT2D eigenvalue weighted by atomic mass is 31.2. The Morgan fingerprint density at radius 1 is 1.24 bits per heavy atom. The van der Waals surface area contributed by atoms with Gasteiger partial charge in [0.05, 0.1) is 19.6 Å². The first-order valence-electron chi connectivity index (χ1n) is 6.66. The second-order valence-electron chi connectivity index (χ2n) is 4.54. The number of Topliss-reactive ketones (excluding diaryl/α,β-unsaturated/α-hetero) is 1. The average molecular weight is 318 g/mol. The van der Waals surface area contributed by atoms with Crippen LogP contribution in [0.5, 0.6) is 0 Å². The molecule has 0 aliphatic carbocycles. The van der Waals surface area contributed by atoms with E-state index in [-0.39, 0.29) is 24.6 Å². The van der Waals surface area contributed by atoms with Crippen LogP contribution in [0.2, 0.25) is 0 Å². The summed E-state index contributed by atoms with van der Waals surface area (Å²) in [5.41, 5.74) is 0.115. The number of carbonyl (C=O) groups is 1. The highest BCUT2D eigenvalue weighted by Gasteiger charge is 2.51. The van der Waals surface area contributed by atoms with E-state index in [1.165, 1.54) is 19.1 Å². The number of ketones is 1. The van der Waals surface area contributed by atoms with Gasteiger partial charge in [-0.2, -0.15) is 0 Å². The second-order valence-corrected chi connectivity index (χ2v) is 6.79. The summed E-state index contributed by atoms with van der Waals surface area (Å²) in [6.07, 6.45) is -0.449. The highest BCUT2D eigenvalue weighted by molar-refractivity contribution is 7.55. The number of aliphatic hydroxyl groups is 1. The van der Waals surface area contributed by atoms with Crippen LogP contribution >= 0.6 is 7.60 Å². The first-order chi connectivity index (χ1) is 9.79. The molecule has 5 nitrogen and oxygen atoms in total. The Hall–Kier alpha value is -1.07. The van der Waals surface area contributed by atoms with E-state index in [4.69, 9.17) is 9.05 Å². The maximum atomic E-state index is 13.0. The van der Waals surface area contributed by atoms with Crippen LogP contribution in [0.4, 0.5) is 4.39 Å². The molecule has 1 unspecified atom stereocenters. The molecule has 0 saturated carbocycles. The fraction of sp³-hybridized carbons (Fsp3) is 0.500. The summed E-state index contributed by atoms with van der Waals surface area (Å²) in [5.74, 6) is -0.895. The van der Waals surface area contributed by atoms with Crippen LogP contribution in [0, 0.1) is 5.82 Å². The molecule has 1 rings (SSSR count). The fourth-order valence-corrected chi connectivity index (χ4v) is 4.07. The van der Waals surface area contributed by atoms with Gasteiger partial charge in [0.25, 0.3) is 0 Å². The maximum absolute atomic E-state index is 13.0. The van der Waals surface area contributed by atoms with Crippen LogP contribution in [0.3, 0.4) is 0 Å². The van der Waals surface area contributed by atoms with E-state index in [0.717, 1.165) is 12.1 Å². The molecule has 0 aromatic heterocycles. The van der Waals surface area contributed by atoms with Crippen molar-refractivity contribution in [3.05, 3.63) is 35.6 Å². The third-order valence-corrected chi connectivity index (χ3v) is 5.37. The summed E-state index contributed by atoms with van der Waals surface area (Å²) in [7, 11) is -4.02. The van der Waals surface area contributed by atoms with Gasteiger partial charge in [-0.3, -0.25) is 9.36 Å². The van der Waals surface area contributed by atoms with Crippen LogP contribution in [0.15, 0.2) is 24.3 Å². The Morgan fingerprint density at radius 3 is 2.10 bits per heavy atom. The molecule has 0 bridgehead atoms. The van der Waals surface area contributed by atoms with Crippen molar-refractivity contribution in [2.75, 3.05) is 13.2 Å². The molecule has 21 heavy (non-hydrogen) atoms. The zero-order valence-electron chi connectivity index (χ0n) is 12.3. The Labute approximate surface area is 123 Å². The lowest BCUT2D eigenvalue weighted by molar-refractivity contribution is -0.120. The van der Waals surface area contributed by atoms with Gasteiger partial charge in [0, 0.05) is 0 Å². The molecule has 0 heterocycles. The van der Waals surface area contributed by atoms with Gasteiger partial charge >= 0.3 is 7.60 Å². The topological polar surface area (TPSA) is 72.8 Å². The van der Waals surface area contributed by atoms with E-state index in [2.05, 4.69) is 0 Å². The van der Waals surface area contributed by atoms with Crippen molar-refractivity contribution in [1.82, 2.24) is 0 Å². The Balaban J connectivity index is 3.39. The van der Waals surface area contributed by atoms with Crippen molar-refractivity contribution >= 4 is 13.4 Å². The van der Waals surface area contributed by atoms with Crippen molar-refractivity contribution in [3.63, 3.8) is 0 Å². The minimum atomic E-state index is -4.02. The molecule has 0 aliphatic rings. The average Bonchev–Trinajstić information content (AvgIpc) is 2.39. The monoisotopic (exact) mass is 318 g/mol. The quantitative estimate of drug-likeness (QED) is 0.745. The van der Waals surface area contributed by atoms with Crippen molar-refractivity contribution in [2.24, 2.45) is 0 Å². The molecule has 0 fully saturated rings. The molecule has 0 saturated heterocycles. The molecule has 0 spiro atoms. The third-order valence-electron chi connectivity index (χ3n) is 2.85. The largest absolute Gasteiger partial charge is 0.373 e. The van der Waals surface area contributed by atoms with Gasteiger partial charge in [0.2, 0.25) is 0 Å². The molecule has 1 aromatic rings. The van der Waals surface area contributed by atoms with Crippen LogP contribution < -0.4 is 0 Å². The summed E-state index contributed by atoms with van der Waals surface area (Å²) in [5, 5.41) is 8.73. The zero-order chi connectivity index (χ0) is 16.1. The van der Waals surface area contributed by atoms with Gasteiger partial charge in [-0.1, -0.05) is 12.1 Å². The fourth-order valence-electron chi connectivity index (χ4n) is 2.01. The minimum absolute atomic E-state index is 0.0404. The molecule has 1 N–H and O–H groups in total. The summed E-state index contributed by atoms with van der Waals surface area (Å²) in [6.45, 7) is 4.54. The van der Waals surface area contributed by atoms with Crippen LogP contribution in [0.1, 0.15) is 32.8 Å². The summed E-state index contributed by atoms with van der Waals surface area (Å²) in [4.78, 5) is 11.5. The van der Waals surface area contributed by atoms with Gasteiger partial charge in [0.1, 0.15) is 11.6 Å². The lowest BCUT2D eigenvalue weighted by Gasteiger charge is -2.34. The number of rotatable bonds is 8.